The van der Waals surface area contributed by atoms with Crippen molar-refractivity contribution in [2.45, 2.75) is 23.9 Å². The van der Waals surface area contributed by atoms with E-state index >= 15 is 0 Å². The van der Waals surface area contributed by atoms with Crippen molar-refractivity contribution in [3.63, 3.8) is 0 Å². The maximum absolute atomic E-state index is 11.6. The van der Waals surface area contributed by atoms with E-state index in [1.54, 1.807) is 30.8 Å². The molecule has 2 rings (SSSR count). The van der Waals surface area contributed by atoms with E-state index in [-0.39, 0.29) is 5.78 Å². The summed E-state index contributed by atoms with van der Waals surface area (Å²) in [4.78, 5) is 11.6. The topological polar surface area (TPSA) is 64.1 Å². The normalized spacial score (nSPS) is 10.3. The molecule has 0 aliphatic carbocycles. The van der Waals surface area contributed by atoms with E-state index in [0.717, 1.165) is 20.8 Å². The Morgan fingerprint density at radius 3 is 3.00 bits per heavy atom. The molecule has 0 fully saturated rings. The van der Waals surface area contributed by atoms with Gasteiger partial charge in [-0.2, -0.15) is 0 Å². The van der Waals surface area contributed by atoms with Crippen LogP contribution in [-0.2, 0) is 5.75 Å². The molecule has 7 heteroatoms. The fourth-order valence-corrected chi connectivity index (χ4v) is 3.58. The monoisotopic (exact) mass is 349 g/mol. The Hall–Kier alpha value is -1.86. The molecule has 23 heavy (non-hydrogen) atoms. The second kappa shape index (κ2) is 8.69. The number of rotatable bonds is 9. The number of thioether (sulfide) groups is 1. The van der Waals surface area contributed by atoms with Gasteiger partial charge in [-0.3, -0.25) is 4.79 Å². The highest BCUT2D eigenvalue weighted by atomic mass is 32.2. The highest BCUT2D eigenvalue weighted by Gasteiger charge is 2.10. The van der Waals surface area contributed by atoms with Gasteiger partial charge < -0.3 is 10.1 Å². The molecule has 0 saturated heterocycles. The first-order valence-corrected chi connectivity index (χ1v) is 9.02. The third-order valence-corrected chi connectivity index (χ3v) is 4.99. The largest absolute Gasteiger partial charge is 0.494 e. The molecule has 0 aliphatic heterocycles. The van der Waals surface area contributed by atoms with Gasteiger partial charge in [0.1, 0.15) is 5.75 Å². The average molecular weight is 349 g/mol. The number of benzene rings is 1. The Morgan fingerprint density at radius 2 is 2.30 bits per heavy atom. The van der Waals surface area contributed by atoms with Crippen LogP contribution < -0.4 is 10.1 Å². The first-order chi connectivity index (χ1) is 11.1. The summed E-state index contributed by atoms with van der Waals surface area (Å²) < 4.78 is 6.51. The van der Waals surface area contributed by atoms with Crippen molar-refractivity contribution in [1.82, 2.24) is 10.2 Å². The van der Waals surface area contributed by atoms with Crippen molar-refractivity contribution in [2.75, 3.05) is 18.5 Å². The van der Waals surface area contributed by atoms with Crippen LogP contribution in [-0.4, -0.2) is 29.1 Å². The van der Waals surface area contributed by atoms with Crippen LogP contribution in [0.2, 0.25) is 0 Å². The first kappa shape index (κ1) is 17.5. The Balaban J connectivity index is 2.08. The molecule has 1 heterocycles. The number of Topliss-reactive ketones (excluding diaryl/α,β-unsaturated/α-hetero) is 1. The predicted octanol–water partition coefficient (Wildman–Crippen LogP) is 4.03. The van der Waals surface area contributed by atoms with E-state index in [4.69, 9.17) is 4.74 Å². The van der Waals surface area contributed by atoms with Crippen molar-refractivity contribution in [1.29, 1.82) is 0 Å². The number of anilines is 1. The van der Waals surface area contributed by atoms with E-state index in [1.807, 2.05) is 19.1 Å². The smallest absolute Gasteiger partial charge is 0.206 e. The number of aromatic nitrogens is 2. The van der Waals surface area contributed by atoms with Gasteiger partial charge in [0.15, 0.2) is 10.1 Å². The third kappa shape index (κ3) is 5.07. The van der Waals surface area contributed by atoms with Gasteiger partial charge in [0, 0.05) is 23.4 Å². The number of nitrogens with zero attached hydrogens (tertiary/aromatic N) is 2. The number of carbonyl (C=O) groups is 1. The molecule has 5 nitrogen and oxygen atoms in total. The van der Waals surface area contributed by atoms with Crippen molar-refractivity contribution in [3.8, 4) is 5.75 Å². The molecular weight excluding hydrogens is 330 g/mol. The Labute approximate surface area is 144 Å². The number of hydrogen-bond acceptors (Lipinski definition) is 7. The minimum absolute atomic E-state index is 0.0473. The SMILES string of the molecule is C=CCNc1nnc(SCc2cc(C(C)=O)ccc2OCC)s1. The Morgan fingerprint density at radius 1 is 1.48 bits per heavy atom. The number of hydrogen-bond donors (Lipinski definition) is 1. The van der Waals surface area contributed by atoms with E-state index < -0.39 is 0 Å². The lowest BCUT2D eigenvalue weighted by atomic mass is 10.1. The maximum Gasteiger partial charge on any atom is 0.206 e. The minimum Gasteiger partial charge on any atom is -0.494 e. The Bertz CT molecular complexity index is 686. The Kier molecular flexibility index (Phi) is 6.61. The van der Waals surface area contributed by atoms with Crippen LogP contribution in [0.25, 0.3) is 0 Å². The number of nitrogens with one attached hydrogen (secondary N) is 1. The van der Waals surface area contributed by atoms with Crippen LogP contribution in [0.4, 0.5) is 5.13 Å². The van der Waals surface area contributed by atoms with Crippen molar-refractivity contribution < 1.29 is 9.53 Å². The highest BCUT2D eigenvalue weighted by Crippen LogP contribution is 2.32. The summed E-state index contributed by atoms with van der Waals surface area (Å²) in [6.45, 7) is 8.41. The summed E-state index contributed by atoms with van der Waals surface area (Å²) in [5.41, 5.74) is 1.68. The number of ether oxygens (including phenoxy) is 1. The fourth-order valence-electron chi connectivity index (χ4n) is 1.85. The molecule has 2 aromatic rings. The molecule has 0 atom stereocenters. The van der Waals surface area contributed by atoms with Gasteiger partial charge >= 0.3 is 0 Å². The van der Waals surface area contributed by atoms with Gasteiger partial charge in [-0.05, 0) is 32.0 Å². The van der Waals surface area contributed by atoms with Gasteiger partial charge in [0.05, 0.1) is 6.61 Å². The lowest BCUT2D eigenvalue weighted by Crippen LogP contribution is -1.99. The summed E-state index contributed by atoms with van der Waals surface area (Å²) in [7, 11) is 0. The maximum atomic E-state index is 11.6. The zero-order chi connectivity index (χ0) is 16.7. The van der Waals surface area contributed by atoms with Gasteiger partial charge in [-0.1, -0.05) is 29.2 Å². The average Bonchev–Trinajstić information content (AvgIpc) is 3.00. The zero-order valence-electron chi connectivity index (χ0n) is 13.2. The molecule has 0 bridgehead atoms. The summed E-state index contributed by atoms with van der Waals surface area (Å²) in [6, 6.07) is 5.54. The predicted molar refractivity (Wildman–Crippen MR) is 95.8 cm³/mol. The molecule has 0 spiro atoms. The van der Waals surface area contributed by atoms with Crippen molar-refractivity contribution in [2.24, 2.45) is 0 Å². The molecule has 0 unspecified atom stereocenters. The van der Waals surface area contributed by atoms with Crippen LogP contribution in [0.3, 0.4) is 0 Å². The summed E-state index contributed by atoms with van der Waals surface area (Å²) in [5.74, 6) is 1.53. The molecule has 1 aromatic heterocycles. The van der Waals surface area contributed by atoms with Crippen LogP contribution in [0.15, 0.2) is 35.2 Å². The number of carbonyl (C=O) groups excluding carboxylic acids is 1. The quantitative estimate of drug-likeness (QED) is 0.419. The van der Waals surface area contributed by atoms with Crippen molar-refractivity contribution >= 4 is 34.0 Å². The van der Waals surface area contributed by atoms with Gasteiger partial charge in [-0.15, -0.1) is 16.8 Å². The third-order valence-electron chi connectivity index (χ3n) is 2.92. The number of ketones is 1. The molecule has 1 N–H and O–H groups in total. The lowest BCUT2D eigenvalue weighted by molar-refractivity contribution is 0.101. The zero-order valence-corrected chi connectivity index (χ0v) is 14.8. The molecule has 122 valence electrons. The van der Waals surface area contributed by atoms with Crippen LogP contribution in [0.5, 0.6) is 5.75 Å². The summed E-state index contributed by atoms with van der Waals surface area (Å²) in [6.07, 6.45) is 1.77. The second-order valence-corrected chi connectivity index (χ2v) is 6.84. The molecule has 0 aliphatic rings. The highest BCUT2D eigenvalue weighted by molar-refractivity contribution is 8.00. The minimum atomic E-state index is 0.0473. The molecule has 1 aromatic carbocycles. The van der Waals surface area contributed by atoms with E-state index in [2.05, 4.69) is 22.1 Å². The van der Waals surface area contributed by atoms with Crippen LogP contribution in [0.1, 0.15) is 29.8 Å². The second-order valence-electron chi connectivity index (χ2n) is 4.64. The van der Waals surface area contributed by atoms with E-state index in [9.17, 15) is 4.79 Å². The standard InChI is InChI=1S/C16H19N3O2S2/c1-4-8-17-15-18-19-16(23-15)22-10-13-9-12(11(3)20)6-7-14(13)21-5-2/h4,6-7,9H,1,5,8,10H2,2-3H3,(H,17,18). The molecular formula is C16H19N3O2S2. The summed E-state index contributed by atoms with van der Waals surface area (Å²) >= 11 is 3.07. The first-order valence-electron chi connectivity index (χ1n) is 7.21. The molecule has 0 saturated carbocycles. The van der Waals surface area contributed by atoms with Gasteiger partial charge in [0.2, 0.25) is 5.13 Å². The molecule has 0 amide bonds. The molecule has 0 radical (unpaired) electrons. The van der Waals surface area contributed by atoms with Crippen LogP contribution >= 0.6 is 23.1 Å². The lowest BCUT2D eigenvalue weighted by Gasteiger charge is -2.10. The van der Waals surface area contributed by atoms with E-state index in [0.29, 0.717) is 24.5 Å². The fraction of sp³-hybridized carbons (Fsp3) is 0.312. The van der Waals surface area contributed by atoms with Crippen molar-refractivity contribution in [3.05, 3.63) is 42.0 Å². The van der Waals surface area contributed by atoms with Gasteiger partial charge in [-0.25, -0.2) is 0 Å². The van der Waals surface area contributed by atoms with E-state index in [1.165, 1.54) is 11.3 Å². The van der Waals surface area contributed by atoms with Gasteiger partial charge in [0.25, 0.3) is 0 Å². The van der Waals surface area contributed by atoms with Crippen LogP contribution in [0, 0.1) is 0 Å². The summed E-state index contributed by atoms with van der Waals surface area (Å²) in [5, 5.41) is 12.1.